The van der Waals surface area contributed by atoms with Crippen LogP contribution in [0.3, 0.4) is 0 Å². The average molecular weight is 326 g/mol. The molecule has 5 heteroatoms. The third-order valence-corrected chi connectivity index (χ3v) is 3.88. The second-order valence-electron chi connectivity index (χ2n) is 5.90. The molecule has 1 heterocycles. The van der Waals surface area contributed by atoms with Crippen molar-refractivity contribution in [3.05, 3.63) is 63.6 Å². The number of amides is 2. The summed E-state index contributed by atoms with van der Waals surface area (Å²) in [5.41, 5.74) is 9.59. The predicted molar refractivity (Wildman–Crippen MR) is 93.5 cm³/mol. The molecule has 0 bridgehead atoms. The number of hydrogen-bond acceptors (Lipinski definition) is 3. The highest BCUT2D eigenvalue weighted by atomic mass is 16.3. The van der Waals surface area contributed by atoms with Crippen LogP contribution in [-0.4, -0.2) is 11.8 Å². The van der Waals surface area contributed by atoms with Crippen LogP contribution in [0.5, 0.6) is 0 Å². The standard InChI is InChI=1S/C19H22N2O3/c1-11-8-13(3)16(9-12(11)2)6-7-18(22)20-21-19(23)17-10-14(4)24-15(17)5/h6-10H,1-5H3,(H,20,22)(H,21,23)/b7-6+. The van der Waals surface area contributed by atoms with Crippen LogP contribution in [0, 0.1) is 34.6 Å². The Morgan fingerprint density at radius 1 is 0.917 bits per heavy atom. The number of hydrogen-bond donors (Lipinski definition) is 2. The summed E-state index contributed by atoms with van der Waals surface area (Å²) in [4.78, 5) is 23.9. The molecule has 0 saturated heterocycles. The molecule has 0 radical (unpaired) electrons. The molecule has 0 unspecified atom stereocenters. The molecule has 0 spiro atoms. The third kappa shape index (κ3) is 4.13. The van der Waals surface area contributed by atoms with Crippen LogP contribution < -0.4 is 10.9 Å². The van der Waals surface area contributed by atoms with Crippen LogP contribution in [0.1, 0.15) is 44.1 Å². The Hall–Kier alpha value is -2.82. The van der Waals surface area contributed by atoms with E-state index in [2.05, 4.69) is 23.8 Å². The van der Waals surface area contributed by atoms with Gasteiger partial charge in [0.15, 0.2) is 0 Å². The van der Waals surface area contributed by atoms with Crippen LogP contribution >= 0.6 is 0 Å². The molecule has 2 N–H and O–H groups in total. The Kier molecular flexibility index (Phi) is 5.24. The van der Waals surface area contributed by atoms with Gasteiger partial charge in [-0.25, -0.2) is 0 Å². The fraction of sp³-hybridized carbons (Fsp3) is 0.263. The lowest BCUT2D eigenvalue weighted by Gasteiger charge is -2.06. The molecular formula is C19H22N2O3. The fourth-order valence-corrected chi connectivity index (χ4v) is 2.41. The van der Waals surface area contributed by atoms with Gasteiger partial charge in [0.05, 0.1) is 5.56 Å². The molecule has 0 fully saturated rings. The van der Waals surface area contributed by atoms with Gasteiger partial charge in [-0.15, -0.1) is 0 Å². The molecule has 2 rings (SSSR count). The van der Waals surface area contributed by atoms with E-state index in [1.165, 1.54) is 17.2 Å². The minimum absolute atomic E-state index is 0.404. The van der Waals surface area contributed by atoms with Gasteiger partial charge in [-0.3, -0.25) is 20.4 Å². The fourth-order valence-electron chi connectivity index (χ4n) is 2.41. The molecular weight excluding hydrogens is 304 g/mol. The molecule has 5 nitrogen and oxygen atoms in total. The van der Waals surface area contributed by atoms with E-state index in [0.29, 0.717) is 17.1 Å². The molecule has 2 aromatic rings. The second-order valence-corrected chi connectivity index (χ2v) is 5.90. The predicted octanol–water partition coefficient (Wildman–Crippen LogP) is 3.30. The number of carbonyl (C=O) groups excluding carboxylic acids is 2. The molecule has 1 aromatic heterocycles. The lowest BCUT2D eigenvalue weighted by Crippen LogP contribution is -2.40. The first kappa shape index (κ1) is 17.5. The number of benzene rings is 1. The van der Waals surface area contributed by atoms with E-state index in [0.717, 1.165) is 11.1 Å². The van der Waals surface area contributed by atoms with Crippen molar-refractivity contribution in [1.29, 1.82) is 0 Å². The van der Waals surface area contributed by atoms with Gasteiger partial charge in [0.2, 0.25) is 0 Å². The van der Waals surface area contributed by atoms with E-state index < -0.39 is 11.8 Å². The number of aryl methyl sites for hydroxylation is 5. The van der Waals surface area contributed by atoms with Crippen LogP contribution in [0.2, 0.25) is 0 Å². The molecule has 0 aliphatic rings. The van der Waals surface area contributed by atoms with Crippen molar-refractivity contribution in [1.82, 2.24) is 10.9 Å². The topological polar surface area (TPSA) is 71.3 Å². The first-order chi connectivity index (χ1) is 11.3. The van der Waals surface area contributed by atoms with Crippen LogP contribution in [-0.2, 0) is 4.79 Å². The number of hydrazine groups is 1. The lowest BCUT2D eigenvalue weighted by molar-refractivity contribution is -0.117. The number of nitrogens with one attached hydrogen (secondary N) is 2. The van der Waals surface area contributed by atoms with E-state index >= 15 is 0 Å². The van der Waals surface area contributed by atoms with Gasteiger partial charge in [-0.2, -0.15) is 0 Å². The molecule has 126 valence electrons. The highest BCUT2D eigenvalue weighted by Gasteiger charge is 2.13. The van der Waals surface area contributed by atoms with Crippen molar-refractivity contribution in [3.63, 3.8) is 0 Å². The van der Waals surface area contributed by atoms with Gasteiger partial charge in [0.25, 0.3) is 11.8 Å². The quantitative estimate of drug-likeness (QED) is 0.671. The van der Waals surface area contributed by atoms with Gasteiger partial charge >= 0.3 is 0 Å². The summed E-state index contributed by atoms with van der Waals surface area (Å²) in [7, 11) is 0. The highest BCUT2D eigenvalue weighted by molar-refractivity contribution is 5.98. The first-order valence-corrected chi connectivity index (χ1v) is 7.71. The summed E-state index contributed by atoms with van der Waals surface area (Å²) in [6, 6.07) is 5.74. The van der Waals surface area contributed by atoms with E-state index in [9.17, 15) is 9.59 Å². The SMILES string of the molecule is Cc1cc(C(=O)NNC(=O)/C=C/c2cc(C)c(C)cc2C)c(C)o1. The second kappa shape index (κ2) is 7.17. The maximum absolute atomic E-state index is 12.0. The summed E-state index contributed by atoms with van der Waals surface area (Å²) in [5, 5.41) is 0. The zero-order chi connectivity index (χ0) is 17.9. The highest BCUT2D eigenvalue weighted by Crippen LogP contribution is 2.16. The zero-order valence-electron chi connectivity index (χ0n) is 14.6. The van der Waals surface area contributed by atoms with Gasteiger partial charge in [0, 0.05) is 6.08 Å². The first-order valence-electron chi connectivity index (χ1n) is 7.71. The molecule has 2 amide bonds. The Balaban J connectivity index is 1.97. The third-order valence-electron chi connectivity index (χ3n) is 3.88. The summed E-state index contributed by atoms with van der Waals surface area (Å²) in [5.74, 6) is 0.349. The Bertz CT molecular complexity index is 816. The van der Waals surface area contributed by atoms with Crippen LogP contribution in [0.25, 0.3) is 6.08 Å². The van der Waals surface area contributed by atoms with Gasteiger partial charge in [-0.05, 0) is 69.0 Å². The number of carbonyl (C=O) groups is 2. The average Bonchev–Trinajstić information content (AvgIpc) is 2.85. The Labute approximate surface area is 141 Å². The van der Waals surface area contributed by atoms with Crippen molar-refractivity contribution in [2.45, 2.75) is 34.6 Å². The maximum atomic E-state index is 12.0. The Morgan fingerprint density at radius 3 is 2.21 bits per heavy atom. The van der Waals surface area contributed by atoms with Crippen molar-refractivity contribution in [2.24, 2.45) is 0 Å². The molecule has 0 aliphatic heterocycles. The summed E-state index contributed by atoms with van der Waals surface area (Å²) >= 11 is 0. The van der Waals surface area contributed by atoms with Crippen molar-refractivity contribution in [3.8, 4) is 0 Å². The number of furan rings is 1. The lowest BCUT2D eigenvalue weighted by atomic mass is 10.0. The van der Waals surface area contributed by atoms with Crippen LogP contribution in [0.4, 0.5) is 0 Å². The van der Waals surface area contributed by atoms with Gasteiger partial charge in [0.1, 0.15) is 11.5 Å². The van der Waals surface area contributed by atoms with Crippen molar-refractivity contribution < 1.29 is 14.0 Å². The largest absolute Gasteiger partial charge is 0.466 e. The smallest absolute Gasteiger partial charge is 0.273 e. The molecule has 24 heavy (non-hydrogen) atoms. The van der Waals surface area contributed by atoms with Crippen molar-refractivity contribution >= 4 is 17.9 Å². The normalized spacial score (nSPS) is 10.9. The zero-order valence-corrected chi connectivity index (χ0v) is 14.6. The number of rotatable bonds is 3. The monoisotopic (exact) mass is 326 g/mol. The summed E-state index contributed by atoms with van der Waals surface area (Å²) in [6.45, 7) is 9.54. The molecule has 1 aromatic carbocycles. The summed E-state index contributed by atoms with van der Waals surface area (Å²) in [6.07, 6.45) is 3.13. The van der Waals surface area contributed by atoms with Gasteiger partial charge in [-0.1, -0.05) is 12.1 Å². The van der Waals surface area contributed by atoms with Gasteiger partial charge < -0.3 is 4.42 Å². The molecule has 0 saturated carbocycles. The minimum atomic E-state index is -0.409. The minimum Gasteiger partial charge on any atom is -0.466 e. The van der Waals surface area contributed by atoms with E-state index in [-0.39, 0.29) is 0 Å². The maximum Gasteiger partial charge on any atom is 0.273 e. The van der Waals surface area contributed by atoms with E-state index in [1.807, 2.05) is 19.9 Å². The molecule has 0 atom stereocenters. The summed E-state index contributed by atoms with van der Waals surface area (Å²) < 4.78 is 5.29. The van der Waals surface area contributed by atoms with Crippen LogP contribution in [0.15, 0.2) is 28.7 Å². The molecule has 0 aliphatic carbocycles. The van der Waals surface area contributed by atoms with Crippen molar-refractivity contribution in [2.75, 3.05) is 0 Å². The van der Waals surface area contributed by atoms with E-state index in [1.54, 1.807) is 26.0 Å². The Morgan fingerprint density at radius 2 is 1.58 bits per heavy atom. The van der Waals surface area contributed by atoms with E-state index in [4.69, 9.17) is 4.42 Å².